The number of piperidine rings is 3. The van der Waals surface area contributed by atoms with E-state index in [4.69, 9.17) is 24.4 Å². The van der Waals surface area contributed by atoms with Gasteiger partial charge in [0, 0.05) is 107 Å². The van der Waals surface area contributed by atoms with Gasteiger partial charge in [0.25, 0.3) is 0 Å². The van der Waals surface area contributed by atoms with Crippen molar-refractivity contribution in [1.82, 2.24) is 43.4 Å². The number of Topliss-reactive ketones (excluding diaryl/α,β-unsaturated/α-hetero) is 3. The molecule has 0 unspecified atom stereocenters. The molecule has 6 aromatic heterocycles. The van der Waals surface area contributed by atoms with Gasteiger partial charge in [-0.1, -0.05) is 73.7 Å². The molecule has 0 radical (unpaired) electrons. The first kappa shape index (κ1) is 65.7. The molecular formula is C78H87N9O5S3. The lowest BCUT2D eigenvalue weighted by atomic mass is 9.97. The van der Waals surface area contributed by atoms with E-state index in [1.54, 1.807) is 28.1 Å². The lowest BCUT2D eigenvalue weighted by molar-refractivity contribution is 0.0986. The molecule has 0 bridgehead atoms. The summed E-state index contributed by atoms with van der Waals surface area (Å²) in [5, 5.41) is 6.99. The number of hydrogen-bond donors (Lipinski definition) is 0. The third-order valence-electron chi connectivity index (χ3n) is 19.7. The summed E-state index contributed by atoms with van der Waals surface area (Å²) >= 11 is 5.58. The van der Waals surface area contributed by atoms with Crippen molar-refractivity contribution in [2.24, 2.45) is 0 Å². The number of fused-ring (bicyclic) bond motifs is 6. The van der Waals surface area contributed by atoms with Crippen LogP contribution < -0.4 is 9.47 Å². The van der Waals surface area contributed by atoms with Crippen molar-refractivity contribution in [2.45, 2.75) is 122 Å². The number of thiazole rings is 3. The molecule has 0 saturated carbocycles. The van der Waals surface area contributed by atoms with Crippen molar-refractivity contribution in [3.05, 3.63) is 184 Å². The number of hydrogen-bond acceptors (Lipinski definition) is 14. The minimum Gasteiger partial charge on any atom is -0.497 e. The molecule has 95 heavy (non-hydrogen) atoms. The molecule has 17 heteroatoms. The van der Waals surface area contributed by atoms with Crippen molar-refractivity contribution >= 4 is 115 Å². The first-order valence-corrected chi connectivity index (χ1v) is 36.6. The van der Waals surface area contributed by atoms with E-state index in [9.17, 15) is 14.4 Å². The van der Waals surface area contributed by atoms with Gasteiger partial charge in [-0.05, 0) is 191 Å². The van der Waals surface area contributed by atoms with E-state index in [-0.39, 0.29) is 17.3 Å². The SMILES string of the molecule is CCC(=O)c1cn(CCCN2CCC(c3nc4ccccc4s3)CC2)c2ccccc12.COc1ccc2c(C(C)=O)cn(CCCN3CCC(c4nc5ccccc5s4)CC3)c2c1.COc1cccc2c(C(C)=O)cn(CCCN3CCC(c4nc5ccccc5s4)CC3)c12. The normalized spacial score (nSPS) is 15.6. The molecular weight excluding hydrogens is 1240 g/mol. The monoisotopic (exact) mass is 1330 g/mol. The molecule has 3 saturated heterocycles. The average molecular weight is 1330 g/mol. The van der Waals surface area contributed by atoms with Crippen LogP contribution in [0.15, 0.2) is 152 Å². The Kier molecular flexibility index (Phi) is 21.1. The van der Waals surface area contributed by atoms with Gasteiger partial charge in [0.15, 0.2) is 17.3 Å². The first-order chi connectivity index (χ1) is 46.5. The Bertz CT molecular complexity index is 4520. The second kappa shape index (κ2) is 30.4. The fraction of sp³-hybridized carbons (Fsp3) is 0.385. The molecule has 0 atom stereocenters. The predicted molar refractivity (Wildman–Crippen MR) is 392 cm³/mol. The van der Waals surface area contributed by atoms with Gasteiger partial charge in [0.1, 0.15) is 11.5 Å². The number of carbonyl (C=O) groups is 3. The van der Waals surface area contributed by atoms with E-state index < -0.39 is 0 Å². The Hall–Kier alpha value is -7.90. The number of methoxy groups -OCH3 is 2. The summed E-state index contributed by atoms with van der Waals surface area (Å²) in [7, 11) is 3.37. The van der Waals surface area contributed by atoms with Crippen LogP contribution in [-0.2, 0) is 19.6 Å². The van der Waals surface area contributed by atoms with E-state index >= 15 is 0 Å². The van der Waals surface area contributed by atoms with Crippen LogP contribution in [0.5, 0.6) is 11.5 Å². The van der Waals surface area contributed by atoms with E-state index in [1.807, 2.05) is 95.8 Å². The highest BCUT2D eigenvalue weighted by atomic mass is 32.1. The van der Waals surface area contributed by atoms with E-state index in [1.165, 1.54) is 73.2 Å². The van der Waals surface area contributed by atoms with Crippen LogP contribution in [0, 0.1) is 0 Å². The number of ketones is 3. The van der Waals surface area contributed by atoms with Crippen LogP contribution >= 0.6 is 34.0 Å². The Morgan fingerprint density at radius 3 is 1.32 bits per heavy atom. The maximum atomic E-state index is 12.3. The van der Waals surface area contributed by atoms with E-state index in [0.29, 0.717) is 24.2 Å². The highest BCUT2D eigenvalue weighted by molar-refractivity contribution is 7.19. The number of aromatic nitrogens is 6. The molecule has 0 amide bonds. The van der Waals surface area contributed by atoms with Gasteiger partial charge in [0.05, 0.1) is 70.9 Å². The molecule has 0 N–H and O–H groups in total. The number of benzene rings is 6. The van der Waals surface area contributed by atoms with Crippen LogP contribution in [0.25, 0.3) is 63.4 Å². The van der Waals surface area contributed by atoms with Crippen LogP contribution in [0.2, 0.25) is 0 Å². The summed E-state index contributed by atoms with van der Waals surface area (Å²) < 4.78 is 21.6. The summed E-state index contributed by atoms with van der Waals surface area (Å²) in [6.45, 7) is 18.0. The summed E-state index contributed by atoms with van der Waals surface area (Å²) in [5.74, 6) is 3.85. The number of likely N-dealkylation sites (tertiary alicyclic amines) is 3. The van der Waals surface area contributed by atoms with Crippen LogP contribution in [0.1, 0.15) is 149 Å². The third-order valence-corrected chi connectivity index (χ3v) is 23.3. The molecule has 3 aliphatic heterocycles. The average Bonchev–Trinajstić information content (AvgIpc) is 1.67. The van der Waals surface area contributed by atoms with Gasteiger partial charge >= 0.3 is 0 Å². The van der Waals surface area contributed by atoms with Crippen molar-refractivity contribution in [2.75, 3.05) is 73.1 Å². The van der Waals surface area contributed by atoms with Crippen molar-refractivity contribution in [3.8, 4) is 11.5 Å². The summed E-state index contributed by atoms with van der Waals surface area (Å²) in [5.41, 5.74) is 9.12. The first-order valence-electron chi connectivity index (χ1n) is 34.2. The Morgan fingerprint density at radius 1 is 0.442 bits per heavy atom. The summed E-state index contributed by atoms with van der Waals surface area (Å²) in [6, 6.07) is 45.5. The zero-order valence-corrected chi connectivity index (χ0v) is 58.0. The fourth-order valence-corrected chi connectivity index (χ4v) is 17.9. The van der Waals surface area contributed by atoms with Crippen molar-refractivity contribution in [1.29, 1.82) is 0 Å². The minimum atomic E-state index is 0.0962. The molecule has 3 fully saturated rings. The zero-order valence-electron chi connectivity index (χ0n) is 55.5. The lowest BCUT2D eigenvalue weighted by Crippen LogP contribution is -2.34. The number of rotatable bonds is 21. The molecule has 14 nitrogen and oxygen atoms in total. The van der Waals surface area contributed by atoms with Crippen molar-refractivity contribution in [3.63, 3.8) is 0 Å². The number of nitrogens with zero attached hydrogens (tertiary/aromatic N) is 9. The highest BCUT2D eigenvalue weighted by Gasteiger charge is 2.27. The Morgan fingerprint density at radius 2 is 0.853 bits per heavy atom. The highest BCUT2D eigenvalue weighted by Crippen LogP contribution is 2.38. The largest absolute Gasteiger partial charge is 0.497 e. The third kappa shape index (κ3) is 15.1. The number of aryl methyl sites for hydroxylation is 3. The van der Waals surface area contributed by atoms with Gasteiger partial charge in [-0.2, -0.15) is 0 Å². The topological polar surface area (TPSA) is 133 Å². The van der Waals surface area contributed by atoms with Crippen molar-refractivity contribution < 1.29 is 23.9 Å². The lowest BCUT2D eigenvalue weighted by Gasteiger charge is -2.31. The zero-order chi connectivity index (χ0) is 65.4. The molecule has 0 spiro atoms. The van der Waals surface area contributed by atoms with Gasteiger partial charge in [-0.15, -0.1) is 34.0 Å². The Balaban J connectivity index is 0.000000129. The summed E-state index contributed by atoms with van der Waals surface area (Å²) in [6.07, 6.45) is 16.9. The predicted octanol–water partition coefficient (Wildman–Crippen LogP) is 17.6. The number of para-hydroxylation sites is 5. The van der Waals surface area contributed by atoms with Crippen LogP contribution in [-0.4, -0.2) is 134 Å². The van der Waals surface area contributed by atoms with E-state index in [2.05, 4.69) is 126 Å². The molecule has 3 aliphatic rings. The molecule has 0 aliphatic carbocycles. The van der Waals surface area contributed by atoms with E-state index in [0.717, 1.165) is 170 Å². The minimum absolute atomic E-state index is 0.0962. The van der Waals surface area contributed by atoms with Gasteiger partial charge in [-0.25, -0.2) is 15.0 Å². The summed E-state index contributed by atoms with van der Waals surface area (Å²) in [4.78, 5) is 58.9. The molecule has 12 aromatic rings. The second-order valence-electron chi connectivity index (χ2n) is 25.8. The quantitative estimate of drug-likeness (QED) is 0.0637. The molecule has 6 aromatic carbocycles. The molecule has 492 valence electrons. The van der Waals surface area contributed by atoms with Crippen LogP contribution in [0.4, 0.5) is 0 Å². The van der Waals surface area contributed by atoms with Gasteiger partial charge in [0.2, 0.25) is 0 Å². The van der Waals surface area contributed by atoms with Gasteiger partial charge in [-0.3, -0.25) is 14.4 Å². The molecule has 15 rings (SSSR count). The second-order valence-corrected chi connectivity index (χ2v) is 29.0. The fourth-order valence-electron chi connectivity index (χ4n) is 14.5. The number of ether oxygens (including phenoxy) is 2. The van der Waals surface area contributed by atoms with Gasteiger partial charge < -0.3 is 37.9 Å². The Labute approximate surface area is 569 Å². The smallest absolute Gasteiger partial charge is 0.164 e. The standard InChI is InChI=1S/2C26H29N3O2S.C26H29N3OS/c1-18(30)21-17-29(25-20(21)7-5-9-23(25)31-2)14-6-13-28-15-11-19(12-16-28)26-27-22-8-3-4-10-24(22)32-26;1-18(30)22-17-29(24-16-20(31-2)8-9-21(22)24)13-5-12-28-14-10-19(11-15-28)26-27-23-6-3-4-7-25(23)32-26;1-2-24(30)21-18-29(23-10-5-3-8-20(21)23)15-7-14-28-16-12-19(13-17-28)26-27-22-9-4-6-11-25(22)31-26/h3-5,7-10,17,19H,6,11-16H2,1-2H3;3-4,6-9,16-17,19H,5,10-15H2,1-2H3;3-6,8-11,18-19H,2,7,12-17H2,1H3. The molecule has 9 heterocycles. The maximum absolute atomic E-state index is 12.3. The van der Waals surface area contributed by atoms with Crippen LogP contribution in [0.3, 0.4) is 0 Å². The number of carbonyl (C=O) groups excluding carboxylic acids is 3. The maximum Gasteiger partial charge on any atom is 0.164 e.